The third kappa shape index (κ3) is 2.79. The Morgan fingerprint density at radius 1 is 1.23 bits per heavy atom. The summed E-state index contributed by atoms with van der Waals surface area (Å²) < 4.78 is 38.3. The van der Waals surface area contributed by atoms with E-state index >= 15 is 0 Å². The lowest BCUT2D eigenvalue weighted by molar-refractivity contribution is -0.145. The molecule has 140 valence electrons. The van der Waals surface area contributed by atoms with Crippen LogP contribution in [0.3, 0.4) is 0 Å². The first-order chi connectivity index (χ1) is 12.0. The molecule has 0 saturated heterocycles. The molecule has 2 aliphatic rings. The van der Waals surface area contributed by atoms with E-state index in [0.29, 0.717) is 6.07 Å². The van der Waals surface area contributed by atoms with Crippen molar-refractivity contribution in [2.75, 3.05) is 0 Å². The molecule has 1 aromatic carbocycles. The molecule has 7 nitrogen and oxygen atoms in total. The minimum absolute atomic E-state index is 0.188. The molecule has 2 saturated carbocycles. The van der Waals surface area contributed by atoms with E-state index in [-0.39, 0.29) is 12.0 Å². The number of fused-ring (bicyclic) bond motifs is 1. The van der Waals surface area contributed by atoms with Crippen LogP contribution < -0.4 is 11.1 Å². The standard InChI is InChI=1S/C16H15F3N2O5/c17-16(18,19)7-3-1-2-6(4-7)12(22)21-8-5-15(20,14(25)26)11-9(8)10(11)13(23)24/h1-4,8-11H,5,20H2,(H,21,22)(H,23,24)(H,25,26)/t8-,9-,10-,11-,15-/m0/s1. The zero-order valence-corrected chi connectivity index (χ0v) is 13.2. The number of nitrogens with two attached hydrogens (primary N) is 1. The van der Waals surface area contributed by atoms with Crippen molar-refractivity contribution in [3.8, 4) is 0 Å². The lowest BCUT2D eigenvalue weighted by atomic mass is 9.90. The van der Waals surface area contributed by atoms with Gasteiger partial charge in [0.1, 0.15) is 5.54 Å². The Kier molecular flexibility index (Phi) is 3.98. The molecule has 3 rings (SSSR count). The lowest BCUT2D eigenvalue weighted by Crippen LogP contribution is -2.52. The van der Waals surface area contributed by atoms with Gasteiger partial charge < -0.3 is 21.3 Å². The number of alkyl halides is 3. The Labute approximate surface area is 145 Å². The topological polar surface area (TPSA) is 130 Å². The van der Waals surface area contributed by atoms with Gasteiger partial charge in [0.2, 0.25) is 0 Å². The summed E-state index contributed by atoms with van der Waals surface area (Å²) in [5.74, 6) is -5.92. The van der Waals surface area contributed by atoms with Crippen LogP contribution in [-0.4, -0.2) is 39.6 Å². The number of carbonyl (C=O) groups is 3. The van der Waals surface area contributed by atoms with Crippen LogP contribution in [0.4, 0.5) is 13.2 Å². The molecule has 2 fully saturated rings. The van der Waals surface area contributed by atoms with Gasteiger partial charge in [-0.15, -0.1) is 0 Å². The van der Waals surface area contributed by atoms with E-state index in [9.17, 15) is 37.8 Å². The van der Waals surface area contributed by atoms with Crippen LogP contribution in [0.2, 0.25) is 0 Å². The molecule has 0 spiro atoms. The molecule has 1 amide bonds. The number of nitrogens with one attached hydrogen (secondary N) is 1. The average Bonchev–Trinajstić information content (AvgIpc) is 3.23. The number of hydrogen-bond donors (Lipinski definition) is 4. The number of carboxylic acids is 2. The van der Waals surface area contributed by atoms with Crippen molar-refractivity contribution in [1.82, 2.24) is 5.32 Å². The molecule has 1 aromatic rings. The molecule has 0 heterocycles. The Bertz CT molecular complexity index is 796. The maximum Gasteiger partial charge on any atom is 0.416 e. The molecular weight excluding hydrogens is 357 g/mol. The summed E-state index contributed by atoms with van der Waals surface area (Å²) in [7, 11) is 0. The van der Waals surface area contributed by atoms with Gasteiger partial charge in [0.05, 0.1) is 11.5 Å². The summed E-state index contributed by atoms with van der Waals surface area (Å²) in [6.07, 6.45) is -4.80. The van der Waals surface area contributed by atoms with Crippen LogP contribution in [0.15, 0.2) is 24.3 Å². The zero-order valence-electron chi connectivity index (χ0n) is 13.2. The monoisotopic (exact) mass is 372 g/mol. The highest BCUT2D eigenvalue weighted by molar-refractivity contribution is 5.95. The molecule has 2 aliphatic carbocycles. The van der Waals surface area contributed by atoms with Crippen molar-refractivity contribution in [2.24, 2.45) is 23.5 Å². The first-order valence-electron chi connectivity index (χ1n) is 7.70. The Hall–Kier alpha value is -2.62. The van der Waals surface area contributed by atoms with Gasteiger partial charge in [-0.25, -0.2) is 0 Å². The van der Waals surface area contributed by atoms with Gasteiger partial charge in [-0.3, -0.25) is 14.4 Å². The summed E-state index contributed by atoms with van der Waals surface area (Å²) >= 11 is 0. The predicted octanol–water partition coefficient (Wildman–Crippen LogP) is 0.936. The summed E-state index contributed by atoms with van der Waals surface area (Å²) in [6.45, 7) is 0. The fraction of sp³-hybridized carbons (Fsp3) is 0.438. The number of aliphatic carboxylic acids is 2. The van der Waals surface area contributed by atoms with Crippen LogP contribution in [0.5, 0.6) is 0 Å². The van der Waals surface area contributed by atoms with E-state index in [1.807, 2.05) is 0 Å². The predicted molar refractivity (Wildman–Crippen MR) is 80.0 cm³/mol. The summed E-state index contributed by atoms with van der Waals surface area (Å²) in [6, 6.07) is 2.92. The summed E-state index contributed by atoms with van der Waals surface area (Å²) in [5.41, 5.74) is 2.79. The number of carbonyl (C=O) groups excluding carboxylic acids is 1. The van der Waals surface area contributed by atoms with Crippen molar-refractivity contribution in [2.45, 2.75) is 24.2 Å². The number of rotatable bonds is 4. The van der Waals surface area contributed by atoms with Crippen molar-refractivity contribution < 1.29 is 37.8 Å². The van der Waals surface area contributed by atoms with E-state index in [2.05, 4.69) is 5.32 Å². The van der Waals surface area contributed by atoms with Crippen LogP contribution in [0.1, 0.15) is 22.3 Å². The van der Waals surface area contributed by atoms with Gasteiger partial charge in [-0.1, -0.05) is 6.07 Å². The molecule has 5 atom stereocenters. The van der Waals surface area contributed by atoms with Gasteiger partial charge in [0.15, 0.2) is 0 Å². The molecule has 0 bridgehead atoms. The van der Waals surface area contributed by atoms with Gasteiger partial charge in [0, 0.05) is 17.5 Å². The molecular formula is C16H15F3N2O5. The summed E-state index contributed by atoms with van der Waals surface area (Å²) in [4.78, 5) is 35.0. The molecule has 26 heavy (non-hydrogen) atoms. The maximum absolute atomic E-state index is 12.8. The minimum Gasteiger partial charge on any atom is -0.481 e. The number of benzene rings is 1. The average molecular weight is 372 g/mol. The number of amides is 1. The Morgan fingerprint density at radius 3 is 2.42 bits per heavy atom. The highest BCUT2D eigenvalue weighted by Crippen LogP contribution is 2.61. The van der Waals surface area contributed by atoms with Crippen molar-refractivity contribution >= 4 is 17.8 Å². The van der Waals surface area contributed by atoms with Gasteiger partial charge in [-0.05, 0) is 30.5 Å². The van der Waals surface area contributed by atoms with Crippen molar-refractivity contribution in [3.63, 3.8) is 0 Å². The lowest BCUT2D eigenvalue weighted by Gasteiger charge is -2.25. The van der Waals surface area contributed by atoms with Crippen LogP contribution >= 0.6 is 0 Å². The molecule has 5 N–H and O–H groups in total. The zero-order chi connectivity index (χ0) is 19.4. The number of hydrogen-bond acceptors (Lipinski definition) is 4. The first kappa shape index (κ1) is 18.2. The quantitative estimate of drug-likeness (QED) is 0.622. The van der Waals surface area contributed by atoms with Crippen molar-refractivity contribution in [1.29, 1.82) is 0 Å². The molecule has 0 aliphatic heterocycles. The number of carboxylic acid groups (broad SMARTS) is 2. The fourth-order valence-electron chi connectivity index (χ4n) is 3.92. The van der Waals surface area contributed by atoms with E-state index in [1.54, 1.807) is 0 Å². The van der Waals surface area contributed by atoms with E-state index in [1.165, 1.54) is 6.07 Å². The Balaban J connectivity index is 1.80. The van der Waals surface area contributed by atoms with E-state index in [4.69, 9.17) is 5.73 Å². The van der Waals surface area contributed by atoms with Gasteiger partial charge in [-0.2, -0.15) is 13.2 Å². The second-order valence-corrected chi connectivity index (χ2v) is 6.68. The SMILES string of the molecule is N[C@@]1(C(=O)O)C[C@H](NC(=O)c2cccc(C(F)(F)F)c2)[C@H]2[C@H](C(=O)O)[C@H]21. The third-order valence-electron chi connectivity index (χ3n) is 5.14. The molecule has 0 aromatic heterocycles. The second-order valence-electron chi connectivity index (χ2n) is 6.68. The maximum atomic E-state index is 12.8. The molecule has 10 heteroatoms. The number of halogens is 3. The third-order valence-corrected chi connectivity index (χ3v) is 5.14. The fourth-order valence-corrected chi connectivity index (χ4v) is 3.92. The van der Waals surface area contributed by atoms with E-state index < -0.39 is 58.9 Å². The largest absolute Gasteiger partial charge is 0.481 e. The molecule has 0 radical (unpaired) electrons. The van der Waals surface area contributed by atoms with Crippen LogP contribution in [0.25, 0.3) is 0 Å². The minimum atomic E-state index is -4.62. The van der Waals surface area contributed by atoms with Crippen LogP contribution in [-0.2, 0) is 15.8 Å². The van der Waals surface area contributed by atoms with Gasteiger partial charge >= 0.3 is 18.1 Å². The highest BCUT2D eigenvalue weighted by atomic mass is 19.4. The second kappa shape index (κ2) is 5.70. The van der Waals surface area contributed by atoms with Crippen LogP contribution in [0, 0.1) is 17.8 Å². The Morgan fingerprint density at radius 2 is 1.88 bits per heavy atom. The van der Waals surface area contributed by atoms with Gasteiger partial charge in [0.25, 0.3) is 5.91 Å². The smallest absolute Gasteiger partial charge is 0.416 e. The normalized spacial score (nSPS) is 32.6. The molecule has 0 unspecified atom stereocenters. The first-order valence-corrected chi connectivity index (χ1v) is 7.70. The van der Waals surface area contributed by atoms with Crippen molar-refractivity contribution in [3.05, 3.63) is 35.4 Å². The highest BCUT2D eigenvalue weighted by Gasteiger charge is 2.74. The van der Waals surface area contributed by atoms with E-state index in [0.717, 1.165) is 12.1 Å². The summed E-state index contributed by atoms with van der Waals surface area (Å²) in [5, 5.41) is 20.9.